The van der Waals surface area contributed by atoms with Gasteiger partial charge in [0.05, 0.1) is 10.6 Å². The molecule has 0 aliphatic carbocycles. The zero-order valence-corrected chi connectivity index (χ0v) is 18.6. The van der Waals surface area contributed by atoms with Crippen LogP contribution in [0.1, 0.15) is 11.1 Å². The highest BCUT2D eigenvalue weighted by molar-refractivity contribution is 7.94. The standard InChI is InChI=1S/C20H24ClF2N3O3S/c1-14-4-6-17(13-18(14)25-10-8-24(3)9-11-25)30(27,28)26(21)16-5-7-19(15(2)12-16)29-20(22)23/h4-7,12-13,20H,8-11H2,1-3H3. The average molecular weight is 460 g/mol. The van der Waals surface area contributed by atoms with Crippen LogP contribution in [-0.4, -0.2) is 53.2 Å². The summed E-state index contributed by atoms with van der Waals surface area (Å²) in [6, 6.07) is 8.89. The van der Waals surface area contributed by atoms with E-state index in [9.17, 15) is 17.2 Å². The Morgan fingerprint density at radius 3 is 2.30 bits per heavy atom. The molecular weight excluding hydrogens is 436 g/mol. The van der Waals surface area contributed by atoms with Gasteiger partial charge in [-0.1, -0.05) is 6.07 Å². The zero-order chi connectivity index (χ0) is 22.1. The van der Waals surface area contributed by atoms with E-state index in [4.69, 9.17) is 11.8 Å². The first-order chi connectivity index (χ1) is 14.1. The fourth-order valence-electron chi connectivity index (χ4n) is 3.34. The minimum atomic E-state index is -4.06. The van der Waals surface area contributed by atoms with Crippen molar-refractivity contribution in [2.75, 3.05) is 42.0 Å². The van der Waals surface area contributed by atoms with E-state index in [1.807, 2.05) is 6.92 Å². The van der Waals surface area contributed by atoms with Gasteiger partial charge in [-0.2, -0.15) is 21.0 Å². The number of piperazine rings is 1. The monoisotopic (exact) mass is 459 g/mol. The van der Waals surface area contributed by atoms with Crippen molar-refractivity contribution in [3.8, 4) is 5.75 Å². The summed E-state index contributed by atoms with van der Waals surface area (Å²) in [6.07, 6.45) is 0. The Bertz CT molecular complexity index is 1010. The summed E-state index contributed by atoms with van der Waals surface area (Å²) >= 11 is 6.20. The highest BCUT2D eigenvalue weighted by Crippen LogP contribution is 2.33. The summed E-state index contributed by atoms with van der Waals surface area (Å²) in [5, 5.41) is 0. The molecule has 0 saturated carbocycles. The fourth-order valence-corrected chi connectivity index (χ4v) is 4.76. The molecule has 1 fully saturated rings. The summed E-state index contributed by atoms with van der Waals surface area (Å²) in [5.74, 6) is -0.0381. The third-order valence-corrected chi connectivity index (χ3v) is 7.33. The van der Waals surface area contributed by atoms with Crippen LogP contribution in [0.2, 0.25) is 0 Å². The molecule has 1 aliphatic rings. The van der Waals surface area contributed by atoms with Crippen molar-refractivity contribution in [2.24, 2.45) is 0 Å². The number of hydrogen-bond donors (Lipinski definition) is 0. The quantitative estimate of drug-likeness (QED) is 0.611. The molecule has 30 heavy (non-hydrogen) atoms. The number of likely N-dealkylation sites (N-methyl/N-ethyl adjacent to an activating group) is 1. The Hall–Kier alpha value is -2.10. The molecule has 1 aliphatic heterocycles. The number of nitrogens with zero attached hydrogens (tertiary/aromatic N) is 3. The second kappa shape index (κ2) is 8.95. The first kappa shape index (κ1) is 22.6. The van der Waals surface area contributed by atoms with Crippen LogP contribution in [0.25, 0.3) is 0 Å². The van der Waals surface area contributed by atoms with Crippen LogP contribution in [0.15, 0.2) is 41.3 Å². The first-order valence-corrected chi connectivity index (χ1v) is 11.2. The van der Waals surface area contributed by atoms with E-state index < -0.39 is 16.6 Å². The van der Waals surface area contributed by atoms with E-state index in [-0.39, 0.29) is 16.3 Å². The number of alkyl halides is 2. The van der Waals surface area contributed by atoms with E-state index in [0.717, 1.165) is 37.4 Å². The van der Waals surface area contributed by atoms with Crippen molar-refractivity contribution in [1.82, 2.24) is 4.90 Å². The van der Waals surface area contributed by atoms with Crippen LogP contribution in [0.4, 0.5) is 20.2 Å². The zero-order valence-electron chi connectivity index (χ0n) is 17.0. The van der Waals surface area contributed by atoms with Crippen LogP contribution in [0, 0.1) is 13.8 Å². The Balaban J connectivity index is 1.89. The molecule has 0 amide bonds. The predicted octanol–water partition coefficient (Wildman–Crippen LogP) is 4.01. The summed E-state index contributed by atoms with van der Waals surface area (Å²) in [5.41, 5.74) is 2.31. The van der Waals surface area contributed by atoms with Gasteiger partial charge in [0.15, 0.2) is 0 Å². The molecular formula is C20H24ClF2N3O3S. The first-order valence-electron chi connectivity index (χ1n) is 9.40. The topological polar surface area (TPSA) is 53.1 Å². The second-order valence-electron chi connectivity index (χ2n) is 7.29. The van der Waals surface area contributed by atoms with Gasteiger partial charge < -0.3 is 14.5 Å². The molecule has 164 valence electrons. The van der Waals surface area contributed by atoms with Gasteiger partial charge in [0.1, 0.15) is 5.75 Å². The molecule has 1 heterocycles. The van der Waals surface area contributed by atoms with Crippen LogP contribution < -0.4 is 13.5 Å². The number of hydrogen-bond acceptors (Lipinski definition) is 5. The molecule has 0 aromatic heterocycles. The highest BCUT2D eigenvalue weighted by atomic mass is 35.5. The Kier molecular flexibility index (Phi) is 6.74. The molecule has 2 aromatic rings. The largest absolute Gasteiger partial charge is 0.435 e. The molecule has 0 radical (unpaired) electrons. The molecule has 0 atom stereocenters. The van der Waals surface area contributed by atoms with Gasteiger partial charge in [-0.25, -0.2) is 0 Å². The summed E-state index contributed by atoms with van der Waals surface area (Å²) in [6.45, 7) is 3.90. The van der Waals surface area contributed by atoms with Gasteiger partial charge in [0.2, 0.25) is 0 Å². The molecule has 6 nitrogen and oxygen atoms in total. The highest BCUT2D eigenvalue weighted by Gasteiger charge is 2.26. The maximum Gasteiger partial charge on any atom is 0.387 e. The second-order valence-corrected chi connectivity index (χ2v) is 9.61. The third kappa shape index (κ3) is 4.79. The predicted molar refractivity (Wildman–Crippen MR) is 114 cm³/mol. The number of aryl methyl sites for hydroxylation is 2. The average Bonchev–Trinajstić information content (AvgIpc) is 2.69. The van der Waals surface area contributed by atoms with Crippen molar-refractivity contribution in [3.63, 3.8) is 0 Å². The maximum atomic E-state index is 13.1. The van der Waals surface area contributed by atoms with Gasteiger partial charge in [-0.05, 0) is 62.4 Å². The molecule has 0 unspecified atom stereocenters. The molecule has 0 N–H and O–H groups in total. The van der Waals surface area contributed by atoms with Crippen molar-refractivity contribution in [3.05, 3.63) is 47.5 Å². The lowest BCUT2D eigenvalue weighted by atomic mass is 10.1. The Labute approximate surface area is 180 Å². The molecule has 2 aromatic carbocycles. The number of ether oxygens (including phenoxy) is 1. The van der Waals surface area contributed by atoms with Gasteiger partial charge >= 0.3 is 6.61 Å². The molecule has 0 bridgehead atoms. The van der Waals surface area contributed by atoms with Gasteiger partial charge in [0, 0.05) is 43.6 Å². The number of rotatable bonds is 6. The molecule has 0 spiro atoms. The van der Waals surface area contributed by atoms with E-state index in [1.54, 1.807) is 12.1 Å². The maximum absolute atomic E-state index is 13.1. The van der Waals surface area contributed by atoms with Crippen molar-refractivity contribution in [1.29, 1.82) is 0 Å². The molecule has 3 rings (SSSR count). The van der Waals surface area contributed by atoms with E-state index in [2.05, 4.69) is 21.6 Å². The Morgan fingerprint density at radius 2 is 1.70 bits per heavy atom. The lowest BCUT2D eigenvalue weighted by Gasteiger charge is -2.35. The van der Waals surface area contributed by atoms with Crippen LogP contribution in [-0.2, 0) is 10.0 Å². The van der Waals surface area contributed by atoms with Crippen molar-refractivity contribution < 1.29 is 21.9 Å². The summed E-state index contributed by atoms with van der Waals surface area (Å²) in [7, 11) is -2.01. The fraction of sp³-hybridized carbons (Fsp3) is 0.400. The lowest BCUT2D eigenvalue weighted by Crippen LogP contribution is -2.44. The van der Waals surface area contributed by atoms with E-state index in [0.29, 0.717) is 9.39 Å². The Morgan fingerprint density at radius 1 is 1.03 bits per heavy atom. The SMILES string of the molecule is Cc1cc(N(Cl)S(=O)(=O)c2ccc(C)c(N3CCN(C)CC3)c2)ccc1OC(F)F. The van der Waals surface area contributed by atoms with Gasteiger partial charge in [-0.15, -0.1) is 0 Å². The summed E-state index contributed by atoms with van der Waals surface area (Å²) in [4.78, 5) is 4.44. The van der Waals surface area contributed by atoms with Crippen molar-refractivity contribution in [2.45, 2.75) is 25.4 Å². The van der Waals surface area contributed by atoms with Gasteiger partial charge in [-0.3, -0.25) is 0 Å². The number of halogens is 3. The van der Waals surface area contributed by atoms with Gasteiger partial charge in [0.25, 0.3) is 10.0 Å². The number of anilines is 2. The summed E-state index contributed by atoms with van der Waals surface area (Å²) < 4.78 is 56.2. The molecule has 1 saturated heterocycles. The normalized spacial score (nSPS) is 15.5. The van der Waals surface area contributed by atoms with Crippen molar-refractivity contribution >= 4 is 33.2 Å². The molecule has 10 heteroatoms. The lowest BCUT2D eigenvalue weighted by molar-refractivity contribution is -0.0502. The van der Waals surface area contributed by atoms with E-state index in [1.165, 1.54) is 31.2 Å². The number of benzene rings is 2. The minimum Gasteiger partial charge on any atom is -0.435 e. The number of sulfonamides is 1. The smallest absolute Gasteiger partial charge is 0.387 e. The van der Waals surface area contributed by atoms with Crippen LogP contribution in [0.3, 0.4) is 0 Å². The third-order valence-electron chi connectivity index (χ3n) is 5.11. The minimum absolute atomic E-state index is 0.0381. The van der Waals surface area contributed by atoms with E-state index >= 15 is 0 Å². The van der Waals surface area contributed by atoms with Crippen LogP contribution in [0.5, 0.6) is 5.75 Å². The van der Waals surface area contributed by atoms with Crippen LogP contribution >= 0.6 is 11.8 Å².